The number of likely N-dealkylation sites (N-methyl/N-ethyl adjacent to an activating group) is 1. The van der Waals surface area contributed by atoms with E-state index in [1.807, 2.05) is 7.05 Å². The van der Waals surface area contributed by atoms with E-state index >= 15 is 0 Å². The summed E-state index contributed by atoms with van der Waals surface area (Å²) in [6, 6.07) is 0. The van der Waals surface area contributed by atoms with Gasteiger partial charge in [-0.25, -0.2) is 0 Å². The third-order valence-electron chi connectivity index (χ3n) is 3.11. The zero-order valence-electron chi connectivity index (χ0n) is 10.5. The molecule has 1 heterocycles. The molecular formula is C12H24N2O2. The predicted octanol–water partition coefficient (Wildman–Crippen LogP) is 0.702. The Hall–Kier alpha value is -0.610. The summed E-state index contributed by atoms with van der Waals surface area (Å²) < 4.78 is 0. The molecule has 0 aromatic rings. The normalized spacial score (nSPS) is 22.1. The Morgan fingerprint density at radius 3 is 2.94 bits per heavy atom. The third-order valence-corrected chi connectivity index (χ3v) is 3.11. The van der Waals surface area contributed by atoms with Crippen molar-refractivity contribution in [2.24, 2.45) is 0 Å². The topological polar surface area (TPSA) is 43.8 Å². The van der Waals surface area contributed by atoms with E-state index in [4.69, 9.17) is 0 Å². The lowest BCUT2D eigenvalue weighted by Gasteiger charge is -2.30. The highest BCUT2D eigenvalue weighted by molar-refractivity contribution is 5.77. The van der Waals surface area contributed by atoms with E-state index < -0.39 is 0 Å². The van der Waals surface area contributed by atoms with Crippen LogP contribution in [0.2, 0.25) is 0 Å². The van der Waals surface area contributed by atoms with Crippen LogP contribution in [0.3, 0.4) is 0 Å². The lowest BCUT2D eigenvalue weighted by atomic mass is 10.1. The predicted molar refractivity (Wildman–Crippen MR) is 64.2 cm³/mol. The SMILES string of the molecule is CCCCN(C)C(=O)CN1CCCC(O)C1. The Kier molecular flexibility index (Phi) is 5.77. The number of hydrogen-bond acceptors (Lipinski definition) is 3. The van der Waals surface area contributed by atoms with Gasteiger partial charge in [0.2, 0.25) is 5.91 Å². The molecule has 94 valence electrons. The molecule has 1 fully saturated rings. The van der Waals surface area contributed by atoms with Gasteiger partial charge in [-0.2, -0.15) is 0 Å². The molecule has 0 aromatic heterocycles. The fraction of sp³-hybridized carbons (Fsp3) is 0.917. The molecule has 0 aliphatic carbocycles. The van der Waals surface area contributed by atoms with Crippen LogP contribution in [-0.4, -0.2) is 60.1 Å². The number of β-amino-alcohol motifs (C(OH)–C–C–N with tert-alkyl or cyclic N) is 1. The molecule has 4 nitrogen and oxygen atoms in total. The smallest absolute Gasteiger partial charge is 0.236 e. The largest absolute Gasteiger partial charge is 0.392 e. The van der Waals surface area contributed by atoms with Crippen LogP contribution in [0.4, 0.5) is 0 Å². The van der Waals surface area contributed by atoms with E-state index in [9.17, 15) is 9.90 Å². The third kappa shape index (κ3) is 4.49. The van der Waals surface area contributed by atoms with Gasteiger partial charge in [0, 0.05) is 20.1 Å². The van der Waals surface area contributed by atoms with Crippen molar-refractivity contribution in [2.75, 3.05) is 33.2 Å². The number of nitrogens with zero attached hydrogens (tertiary/aromatic N) is 2. The highest BCUT2D eigenvalue weighted by atomic mass is 16.3. The summed E-state index contributed by atoms with van der Waals surface area (Å²) >= 11 is 0. The van der Waals surface area contributed by atoms with Gasteiger partial charge >= 0.3 is 0 Å². The molecule has 4 heteroatoms. The van der Waals surface area contributed by atoms with Crippen LogP contribution < -0.4 is 0 Å². The maximum absolute atomic E-state index is 11.8. The molecule has 1 rings (SSSR count). The zero-order chi connectivity index (χ0) is 12.0. The molecule has 1 saturated heterocycles. The average Bonchev–Trinajstić information content (AvgIpc) is 2.25. The number of aliphatic hydroxyl groups excluding tert-OH is 1. The second-order valence-electron chi connectivity index (χ2n) is 4.70. The first-order chi connectivity index (χ1) is 7.63. The lowest BCUT2D eigenvalue weighted by molar-refractivity contribution is -0.131. The molecule has 1 N–H and O–H groups in total. The highest BCUT2D eigenvalue weighted by Gasteiger charge is 2.20. The molecule has 0 bridgehead atoms. The number of carbonyl (C=O) groups is 1. The lowest BCUT2D eigenvalue weighted by Crippen LogP contribution is -2.44. The summed E-state index contributed by atoms with van der Waals surface area (Å²) in [6.07, 6.45) is 3.79. The van der Waals surface area contributed by atoms with Gasteiger partial charge in [-0.15, -0.1) is 0 Å². The van der Waals surface area contributed by atoms with Gasteiger partial charge < -0.3 is 10.0 Å². The molecule has 1 amide bonds. The molecular weight excluding hydrogens is 204 g/mol. The summed E-state index contributed by atoms with van der Waals surface area (Å²) in [7, 11) is 1.86. The van der Waals surface area contributed by atoms with E-state index in [1.54, 1.807) is 4.90 Å². The summed E-state index contributed by atoms with van der Waals surface area (Å²) in [5.74, 6) is 0.169. The van der Waals surface area contributed by atoms with Gasteiger partial charge in [0.05, 0.1) is 12.6 Å². The maximum atomic E-state index is 11.8. The minimum atomic E-state index is -0.248. The molecule has 16 heavy (non-hydrogen) atoms. The molecule has 0 saturated carbocycles. The quantitative estimate of drug-likeness (QED) is 0.753. The fourth-order valence-electron chi connectivity index (χ4n) is 2.01. The van der Waals surface area contributed by atoms with Gasteiger partial charge in [-0.05, 0) is 25.8 Å². The number of likely N-dealkylation sites (tertiary alicyclic amines) is 1. The number of rotatable bonds is 5. The minimum Gasteiger partial charge on any atom is -0.392 e. The molecule has 1 aliphatic heterocycles. The summed E-state index contributed by atoms with van der Waals surface area (Å²) in [6.45, 7) is 5.00. The van der Waals surface area contributed by atoms with Crippen molar-refractivity contribution in [3.8, 4) is 0 Å². The van der Waals surface area contributed by atoms with Crippen molar-refractivity contribution in [2.45, 2.75) is 38.7 Å². The van der Waals surface area contributed by atoms with Crippen molar-refractivity contribution in [1.82, 2.24) is 9.80 Å². The number of aliphatic hydroxyl groups is 1. The first kappa shape index (κ1) is 13.5. The zero-order valence-corrected chi connectivity index (χ0v) is 10.5. The monoisotopic (exact) mass is 228 g/mol. The Morgan fingerprint density at radius 1 is 1.56 bits per heavy atom. The van der Waals surface area contributed by atoms with Crippen LogP contribution in [-0.2, 0) is 4.79 Å². The number of amides is 1. The number of hydrogen-bond donors (Lipinski definition) is 1. The van der Waals surface area contributed by atoms with Crippen LogP contribution in [0.5, 0.6) is 0 Å². The Bertz CT molecular complexity index is 221. The summed E-state index contributed by atoms with van der Waals surface area (Å²) in [5, 5.41) is 9.51. The van der Waals surface area contributed by atoms with Crippen molar-refractivity contribution in [3.05, 3.63) is 0 Å². The van der Waals surface area contributed by atoms with E-state index in [1.165, 1.54) is 0 Å². The van der Waals surface area contributed by atoms with E-state index in [0.717, 1.165) is 38.8 Å². The molecule has 1 unspecified atom stereocenters. The fourth-order valence-corrected chi connectivity index (χ4v) is 2.01. The van der Waals surface area contributed by atoms with Crippen LogP contribution in [0.25, 0.3) is 0 Å². The molecule has 0 radical (unpaired) electrons. The standard InChI is InChI=1S/C12H24N2O2/c1-3-4-7-13(2)12(16)10-14-8-5-6-11(15)9-14/h11,15H,3-10H2,1-2H3. The van der Waals surface area contributed by atoms with Crippen LogP contribution in [0.1, 0.15) is 32.6 Å². The summed E-state index contributed by atoms with van der Waals surface area (Å²) in [5.41, 5.74) is 0. The van der Waals surface area contributed by atoms with Crippen LogP contribution in [0.15, 0.2) is 0 Å². The van der Waals surface area contributed by atoms with Gasteiger partial charge in [0.25, 0.3) is 0 Å². The highest BCUT2D eigenvalue weighted by Crippen LogP contribution is 2.09. The molecule has 0 spiro atoms. The van der Waals surface area contributed by atoms with E-state index in [-0.39, 0.29) is 12.0 Å². The van der Waals surface area contributed by atoms with Crippen molar-refractivity contribution < 1.29 is 9.90 Å². The van der Waals surface area contributed by atoms with Gasteiger partial charge in [-0.3, -0.25) is 9.69 Å². The Morgan fingerprint density at radius 2 is 2.31 bits per heavy atom. The van der Waals surface area contributed by atoms with Crippen molar-refractivity contribution in [3.63, 3.8) is 0 Å². The van der Waals surface area contributed by atoms with Gasteiger partial charge in [-0.1, -0.05) is 13.3 Å². The van der Waals surface area contributed by atoms with Gasteiger partial charge in [0.1, 0.15) is 0 Å². The average molecular weight is 228 g/mol. The number of unbranched alkanes of at least 4 members (excludes halogenated alkanes) is 1. The van der Waals surface area contributed by atoms with E-state index in [2.05, 4.69) is 11.8 Å². The maximum Gasteiger partial charge on any atom is 0.236 e. The molecule has 1 atom stereocenters. The Balaban J connectivity index is 2.26. The van der Waals surface area contributed by atoms with Gasteiger partial charge in [0.15, 0.2) is 0 Å². The first-order valence-electron chi connectivity index (χ1n) is 6.28. The number of piperidine rings is 1. The molecule has 0 aromatic carbocycles. The van der Waals surface area contributed by atoms with Crippen LogP contribution >= 0.6 is 0 Å². The second kappa shape index (κ2) is 6.86. The minimum absolute atomic E-state index is 0.169. The first-order valence-corrected chi connectivity index (χ1v) is 6.28. The van der Waals surface area contributed by atoms with Crippen LogP contribution in [0, 0.1) is 0 Å². The van der Waals surface area contributed by atoms with E-state index in [0.29, 0.717) is 13.1 Å². The Labute approximate surface area is 98.2 Å². The second-order valence-corrected chi connectivity index (χ2v) is 4.70. The molecule has 1 aliphatic rings. The summed E-state index contributed by atoms with van der Waals surface area (Å²) in [4.78, 5) is 15.7. The van der Waals surface area contributed by atoms with Crippen molar-refractivity contribution in [1.29, 1.82) is 0 Å². The number of carbonyl (C=O) groups excluding carboxylic acids is 1. The van der Waals surface area contributed by atoms with Crippen molar-refractivity contribution >= 4 is 5.91 Å².